The van der Waals surface area contributed by atoms with Gasteiger partial charge in [-0.25, -0.2) is 8.42 Å². The lowest BCUT2D eigenvalue weighted by Gasteiger charge is -2.17. The molecule has 0 unspecified atom stereocenters. The molecule has 1 aromatic carbocycles. The molecular weight excluding hydrogens is 349 g/mol. The van der Waals surface area contributed by atoms with Gasteiger partial charge in [0.1, 0.15) is 15.9 Å². The standard InChI is InChI=1S/C14H17F3N2O4S/c1-9(20)18-12(6-7-24(2,22)23)13(21)19-11-5-3-4-10(8-11)14(15,16)17/h3-5,8,12H,6-7H2,1-2H3,(H,18,20)(H,19,21)/t12-/m0/s1. The summed E-state index contributed by atoms with van der Waals surface area (Å²) in [5.74, 6) is -1.71. The maximum absolute atomic E-state index is 12.7. The van der Waals surface area contributed by atoms with E-state index < -0.39 is 39.4 Å². The molecule has 0 spiro atoms. The SMILES string of the molecule is CC(=O)N[C@@H](CCS(C)(=O)=O)C(=O)Nc1cccc(C(F)(F)F)c1. The van der Waals surface area contributed by atoms with Crippen molar-refractivity contribution in [2.75, 3.05) is 17.3 Å². The Morgan fingerprint density at radius 3 is 2.38 bits per heavy atom. The van der Waals surface area contributed by atoms with E-state index in [4.69, 9.17) is 0 Å². The highest BCUT2D eigenvalue weighted by atomic mass is 32.2. The van der Waals surface area contributed by atoms with Crippen LogP contribution >= 0.6 is 0 Å². The molecule has 0 fully saturated rings. The number of sulfone groups is 1. The zero-order valence-electron chi connectivity index (χ0n) is 13.0. The fourth-order valence-electron chi connectivity index (χ4n) is 1.85. The fraction of sp³-hybridized carbons (Fsp3) is 0.429. The van der Waals surface area contributed by atoms with Gasteiger partial charge in [-0.3, -0.25) is 9.59 Å². The molecule has 0 heterocycles. The van der Waals surface area contributed by atoms with E-state index in [-0.39, 0.29) is 17.9 Å². The Morgan fingerprint density at radius 2 is 1.88 bits per heavy atom. The van der Waals surface area contributed by atoms with Crippen molar-refractivity contribution in [1.82, 2.24) is 5.32 Å². The number of alkyl halides is 3. The fourth-order valence-corrected chi connectivity index (χ4v) is 2.51. The summed E-state index contributed by atoms with van der Waals surface area (Å²) in [5.41, 5.74) is -1.04. The number of hydrogen-bond donors (Lipinski definition) is 2. The molecule has 1 aromatic rings. The molecule has 10 heteroatoms. The van der Waals surface area contributed by atoms with Crippen molar-refractivity contribution in [2.24, 2.45) is 0 Å². The van der Waals surface area contributed by atoms with Gasteiger partial charge in [-0.1, -0.05) is 6.07 Å². The first kappa shape index (κ1) is 19.9. The lowest BCUT2D eigenvalue weighted by atomic mass is 10.1. The summed E-state index contributed by atoms with van der Waals surface area (Å²) in [6.45, 7) is 1.14. The molecule has 0 aromatic heterocycles. The number of rotatable bonds is 6. The number of anilines is 1. The highest BCUT2D eigenvalue weighted by molar-refractivity contribution is 7.90. The molecule has 0 aliphatic carbocycles. The number of nitrogens with one attached hydrogen (secondary N) is 2. The molecule has 0 saturated carbocycles. The predicted molar refractivity (Wildman–Crippen MR) is 82.0 cm³/mol. The molecule has 0 aliphatic rings. The van der Waals surface area contributed by atoms with Gasteiger partial charge in [0.2, 0.25) is 11.8 Å². The van der Waals surface area contributed by atoms with E-state index in [1.54, 1.807) is 0 Å². The zero-order chi connectivity index (χ0) is 18.5. The second-order valence-corrected chi connectivity index (χ2v) is 7.50. The summed E-state index contributed by atoms with van der Waals surface area (Å²) in [4.78, 5) is 23.3. The first-order chi connectivity index (χ1) is 10.9. The van der Waals surface area contributed by atoms with Crippen LogP contribution in [0.2, 0.25) is 0 Å². The molecule has 6 nitrogen and oxygen atoms in total. The first-order valence-electron chi connectivity index (χ1n) is 6.81. The molecule has 134 valence electrons. The van der Waals surface area contributed by atoms with Crippen LogP contribution in [0.3, 0.4) is 0 Å². The summed E-state index contributed by atoms with van der Waals surface area (Å²) < 4.78 is 60.3. The van der Waals surface area contributed by atoms with Gasteiger partial charge in [0, 0.05) is 18.9 Å². The Balaban J connectivity index is 2.89. The maximum atomic E-state index is 12.7. The largest absolute Gasteiger partial charge is 0.416 e. The predicted octanol–water partition coefficient (Wildman–Crippen LogP) is 1.58. The quantitative estimate of drug-likeness (QED) is 0.800. The van der Waals surface area contributed by atoms with Crippen molar-refractivity contribution < 1.29 is 31.2 Å². The van der Waals surface area contributed by atoms with Gasteiger partial charge in [0.05, 0.1) is 11.3 Å². The van der Waals surface area contributed by atoms with Crippen LogP contribution < -0.4 is 10.6 Å². The van der Waals surface area contributed by atoms with Crippen LogP contribution in [0.25, 0.3) is 0 Å². The maximum Gasteiger partial charge on any atom is 0.416 e. The van der Waals surface area contributed by atoms with E-state index in [0.717, 1.165) is 31.4 Å². The smallest absolute Gasteiger partial charge is 0.345 e. The summed E-state index contributed by atoms with van der Waals surface area (Å²) >= 11 is 0. The van der Waals surface area contributed by atoms with Gasteiger partial charge in [-0.15, -0.1) is 0 Å². The van der Waals surface area contributed by atoms with Crippen LogP contribution in [-0.2, 0) is 25.6 Å². The molecule has 0 bridgehead atoms. The summed E-state index contributed by atoms with van der Waals surface area (Å²) in [5, 5.41) is 4.53. The Labute approximate surface area is 137 Å². The van der Waals surface area contributed by atoms with Gasteiger partial charge in [-0.05, 0) is 24.6 Å². The number of carbonyl (C=O) groups is 2. The highest BCUT2D eigenvalue weighted by Gasteiger charge is 2.30. The molecule has 0 aliphatic heterocycles. The Hall–Kier alpha value is -2.10. The van der Waals surface area contributed by atoms with E-state index in [0.29, 0.717) is 0 Å². The molecular formula is C14H17F3N2O4S. The molecule has 1 rings (SSSR count). The first-order valence-corrected chi connectivity index (χ1v) is 8.87. The topological polar surface area (TPSA) is 92.3 Å². The van der Waals surface area contributed by atoms with Gasteiger partial charge in [0.25, 0.3) is 0 Å². The number of benzene rings is 1. The van der Waals surface area contributed by atoms with Gasteiger partial charge in [0.15, 0.2) is 0 Å². The molecule has 24 heavy (non-hydrogen) atoms. The number of hydrogen-bond acceptors (Lipinski definition) is 4. The average Bonchev–Trinajstić information content (AvgIpc) is 2.41. The summed E-state index contributed by atoms with van der Waals surface area (Å²) in [6.07, 6.45) is -3.78. The monoisotopic (exact) mass is 366 g/mol. The van der Waals surface area contributed by atoms with Gasteiger partial charge >= 0.3 is 6.18 Å². The van der Waals surface area contributed by atoms with E-state index >= 15 is 0 Å². The normalized spacial score (nSPS) is 13.2. The van der Waals surface area contributed by atoms with E-state index in [1.807, 2.05) is 0 Å². The third kappa shape index (κ3) is 6.99. The van der Waals surface area contributed by atoms with Crippen LogP contribution in [0.15, 0.2) is 24.3 Å². The lowest BCUT2D eigenvalue weighted by Crippen LogP contribution is -2.43. The molecule has 2 N–H and O–H groups in total. The van der Waals surface area contributed by atoms with Gasteiger partial charge in [-0.2, -0.15) is 13.2 Å². The second-order valence-electron chi connectivity index (χ2n) is 5.24. The van der Waals surface area contributed by atoms with Crippen LogP contribution in [0.1, 0.15) is 18.9 Å². The Morgan fingerprint density at radius 1 is 1.25 bits per heavy atom. The van der Waals surface area contributed by atoms with E-state index in [9.17, 15) is 31.2 Å². The Kier molecular flexibility index (Phi) is 6.35. The molecule has 2 amide bonds. The van der Waals surface area contributed by atoms with Crippen LogP contribution in [0, 0.1) is 0 Å². The molecule has 0 saturated heterocycles. The van der Waals surface area contributed by atoms with Crippen LogP contribution in [0.5, 0.6) is 0 Å². The lowest BCUT2D eigenvalue weighted by molar-refractivity contribution is -0.137. The van der Waals surface area contributed by atoms with Crippen molar-refractivity contribution in [3.05, 3.63) is 29.8 Å². The third-order valence-electron chi connectivity index (χ3n) is 2.93. The van der Waals surface area contributed by atoms with Crippen molar-refractivity contribution >= 4 is 27.3 Å². The summed E-state index contributed by atoms with van der Waals surface area (Å²) in [6, 6.07) is 2.81. The van der Waals surface area contributed by atoms with Crippen LogP contribution in [-0.4, -0.2) is 38.3 Å². The minimum Gasteiger partial charge on any atom is -0.345 e. The number of carbonyl (C=O) groups excluding carboxylic acids is 2. The van der Waals surface area contributed by atoms with E-state index in [2.05, 4.69) is 10.6 Å². The molecule has 1 atom stereocenters. The third-order valence-corrected chi connectivity index (χ3v) is 3.91. The Bertz CT molecular complexity index is 717. The van der Waals surface area contributed by atoms with E-state index in [1.165, 1.54) is 6.07 Å². The minimum atomic E-state index is -4.56. The second kappa shape index (κ2) is 7.65. The zero-order valence-corrected chi connectivity index (χ0v) is 13.8. The summed E-state index contributed by atoms with van der Waals surface area (Å²) in [7, 11) is -3.37. The van der Waals surface area contributed by atoms with Crippen molar-refractivity contribution in [3.63, 3.8) is 0 Å². The number of halogens is 3. The molecule has 0 radical (unpaired) electrons. The average molecular weight is 366 g/mol. The van der Waals surface area contributed by atoms with Crippen molar-refractivity contribution in [2.45, 2.75) is 25.6 Å². The van der Waals surface area contributed by atoms with Gasteiger partial charge < -0.3 is 10.6 Å². The number of amides is 2. The van der Waals surface area contributed by atoms with Crippen molar-refractivity contribution in [1.29, 1.82) is 0 Å². The highest BCUT2D eigenvalue weighted by Crippen LogP contribution is 2.30. The van der Waals surface area contributed by atoms with Crippen molar-refractivity contribution in [3.8, 4) is 0 Å². The minimum absolute atomic E-state index is 0.107. The van der Waals surface area contributed by atoms with Crippen LogP contribution in [0.4, 0.5) is 18.9 Å².